The molecule has 4 rings (SSSR count). The highest BCUT2D eigenvalue weighted by Gasteiger charge is 2.60. The summed E-state index contributed by atoms with van der Waals surface area (Å²) in [4.78, 5) is 0. The predicted molar refractivity (Wildman–Crippen MR) is 87.9 cm³/mol. The summed E-state index contributed by atoms with van der Waals surface area (Å²) in [5, 5.41) is 20.8. The fourth-order valence-corrected chi connectivity index (χ4v) is 5.96. The van der Waals surface area contributed by atoms with Gasteiger partial charge in [0, 0.05) is 5.41 Å². The summed E-state index contributed by atoms with van der Waals surface area (Å²) in [5.74, 6) is 2.26. The molecule has 0 heterocycles. The van der Waals surface area contributed by atoms with Gasteiger partial charge in [0.2, 0.25) is 0 Å². The normalized spacial score (nSPS) is 43.1. The Balaban J connectivity index is 1.72. The number of hydrogen-bond acceptors (Lipinski definition) is 2. The summed E-state index contributed by atoms with van der Waals surface area (Å²) in [6.45, 7) is 6.21. The van der Waals surface area contributed by atoms with Crippen molar-refractivity contribution >= 4 is 0 Å². The number of aliphatic hydroxyl groups is 1. The second kappa shape index (κ2) is 4.61. The first kappa shape index (κ1) is 14.3. The molecule has 22 heavy (non-hydrogen) atoms. The van der Waals surface area contributed by atoms with Crippen molar-refractivity contribution in [1.82, 2.24) is 0 Å². The molecule has 0 aliphatic heterocycles. The molecule has 0 saturated heterocycles. The maximum Gasteiger partial charge on any atom is 0.115 e. The summed E-state index contributed by atoms with van der Waals surface area (Å²) in [6, 6.07) is 5.93. The molecule has 5 atom stereocenters. The minimum atomic E-state index is -0.683. The van der Waals surface area contributed by atoms with E-state index in [1.807, 2.05) is 18.2 Å². The van der Waals surface area contributed by atoms with Crippen molar-refractivity contribution in [3.63, 3.8) is 0 Å². The Hall–Kier alpha value is -1.28. The second-order valence-corrected chi connectivity index (χ2v) is 7.92. The Morgan fingerprint density at radius 2 is 2.05 bits per heavy atom. The van der Waals surface area contributed by atoms with Gasteiger partial charge >= 0.3 is 0 Å². The van der Waals surface area contributed by atoms with Gasteiger partial charge in [0.15, 0.2) is 0 Å². The van der Waals surface area contributed by atoms with E-state index in [9.17, 15) is 10.2 Å². The highest BCUT2D eigenvalue weighted by atomic mass is 16.3. The Morgan fingerprint density at radius 3 is 2.82 bits per heavy atom. The van der Waals surface area contributed by atoms with Gasteiger partial charge in [-0.3, -0.25) is 0 Å². The van der Waals surface area contributed by atoms with E-state index in [-0.39, 0.29) is 5.41 Å². The lowest BCUT2D eigenvalue weighted by atomic mass is 9.53. The number of aromatic hydroxyl groups is 1. The van der Waals surface area contributed by atoms with Crippen LogP contribution in [0.5, 0.6) is 5.75 Å². The largest absolute Gasteiger partial charge is 0.508 e. The molecule has 1 aromatic carbocycles. The van der Waals surface area contributed by atoms with Crippen LogP contribution in [0.1, 0.15) is 56.1 Å². The minimum Gasteiger partial charge on any atom is -0.508 e. The molecule has 0 bridgehead atoms. The first-order valence-corrected chi connectivity index (χ1v) is 8.66. The zero-order chi connectivity index (χ0) is 15.5. The predicted octanol–water partition coefficient (Wildman–Crippen LogP) is 4.17. The van der Waals surface area contributed by atoms with Crippen molar-refractivity contribution < 1.29 is 10.2 Å². The van der Waals surface area contributed by atoms with E-state index in [1.165, 1.54) is 17.5 Å². The maximum atomic E-state index is 11.0. The van der Waals surface area contributed by atoms with Gasteiger partial charge in [-0.1, -0.05) is 19.1 Å². The van der Waals surface area contributed by atoms with Crippen LogP contribution in [0.3, 0.4) is 0 Å². The highest BCUT2D eigenvalue weighted by molar-refractivity contribution is 5.40. The third-order valence-corrected chi connectivity index (χ3v) is 7.26. The molecule has 0 radical (unpaired) electrons. The van der Waals surface area contributed by atoms with Gasteiger partial charge < -0.3 is 10.2 Å². The van der Waals surface area contributed by atoms with Crippen LogP contribution in [-0.4, -0.2) is 15.8 Å². The molecular weight excluding hydrogens is 272 g/mol. The summed E-state index contributed by atoms with van der Waals surface area (Å²) < 4.78 is 0. The van der Waals surface area contributed by atoms with Crippen molar-refractivity contribution in [2.45, 2.75) is 57.0 Å². The van der Waals surface area contributed by atoms with E-state index in [4.69, 9.17) is 0 Å². The van der Waals surface area contributed by atoms with E-state index < -0.39 is 5.60 Å². The van der Waals surface area contributed by atoms with Gasteiger partial charge in [-0.15, -0.1) is 6.58 Å². The van der Waals surface area contributed by atoms with Gasteiger partial charge in [0.05, 0.1) is 5.60 Å². The number of hydrogen-bond donors (Lipinski definition) is 2. The number of phenolic OH excluding ortho intramolecular Hbond substituents is 1. The molecule has 118 valence electrons. The minimum absolute atomic E-state index is 0.00958. The number of fused-ring (bicyclic) bond motifs is 5. The van der Waals surface area contributed by atoms with Crippen LogP contribution in [0.2, 0.25) is 0 Å². The fraction of sp³-hybridized carbons (Fsp3) is 0.600. The first-order chi connectivity index (χ1) is 10.5. The second-order valence-electron chi connectivity index (χ2n) is 7.92. The lowest BCUT2D eigenvalue weighted by Crippen LogP contribution is -2.49. The number of phenols is 1. The van der Waals surface area contributed by atoms with Crippen LogP contribution in [0.25, 0.3) is 0 Å². The molecule has 0 spiro atoms. The Labute approximate surface area is 132 Å². The molecule has 2 saturated carbocycles. The summed E-state index contributed by atoms with van der Waals surface area (Å²) >= 11 is 0. The van der Waals surface area contributed by atoms with Crippen LogP contribution < -0.4 is 0 Å². The van der Waals surface area contributed by atoms with Gasteiger partial charge in [-0.05, 0) is 79.5 Å². The van der Waals surface area contributed by atoms with Crippen LogP contribution >= 0.6 is 0 Å². The molecule has 3 aliphatic carbocycles. The average molecular weight is 298 g/mol. The van der Waals surface area contributed by atoms with Crippen molar-refractivity contribution in [2.24, 2.45) is 17.3 Å². The molecule has 2 N–H and O–H groups in total. The number of aryl methyl sites for hydroxylation is 1. The third kappa shape index (κ3) is 1.70. The van der Waals surface area contributed by atoms with Gasteiger partial charge in [0.1, 0.15) is 5.75 Å². The van der Waals surface area contributed by atoms with Crippen molar-refractivity contribution in [2.75, 3.05) is 0 Å². The van der Waals surface area contributed by atoms with E-state index in [0.717, 1.165) is 32.1 Å². The van der Waals surface area contributed by atoms with Crippen LogP contribution in [0.15, 0.2) is 30.9 Å². The van der Waals surface area contributed by atoms with Crippen LogP contribution in [0.4, 0.5) is 0 Å². The maximum absolute atomic E-state index is 11.0. The fourth-order valence-electron chi connectivity index (χ4n) is 5.96. The zero-order valence-corrected chi connectivity index (χ0v) is 13.4. The number of rotatable bonds is 1. The summed E-state index contributed by atoms with van der Waals surface area (Å²) in [5.41, 5.74) is 2.09. The quantitative estimate of drug-likeness (QED) is 0.764. The zero-order valence-electron chi connectivity index (χ0n) is 13.4. The Kier molecular flexibility index (Phi) is 3.00. The molecule has 0 amide bonds. The van der Waals surface area contributed by atoms with E-state index in [0.29, 0.717) is 23.5 Å². The van der Waals surface area contributed by atoms with Crippen molar-refractivity contribution in [1.29, 1.82) is 0 Å². The van der Waals surface area contributed by atoms with E-state index in [2.05, 4.69) is 19.6 Å². The summed E-state index contributed by atoms with van der Waals surface area (Å²) in [6.07, 6.45) is 8.25. The van der Waals surface area contributed by atoms with Crippen LogP contribution in [-0.2, 0) is 6.42 Å². The highest BCUT2D eigenvalue weighted by Crippen LogP contribution is 2.64. The Bertz CT molecular complexity index is 622. The topological polar surface area (TPSA) is 40.5 Å². The molecule has 1 aromatic rings. The average Bonchev–Trinajstić information content (AvgIpc) is 2.79. The SMILES string of the molecule is C=C[C@]1(O)CC[C@H]2C3CCc4cc(O)ccc4C3CC[C@@]21C. The molecule has 3 aliphatic rings. The van der Waals surface area contributed by atoms with Crippen molar-refractivity contribution in [3.05, 3.63) is 42.0 Å². The molecule has 0 aromatic heterocycles. The smallest absolute Gasteiger partial charge is 0.115 e. The van der Waals surface area contributed by atoms with Crippen LogP contribution in [0, 0.1) is 17.3 Å². The van der Waals surface area contributed by atoms with Crippen molar-refractivity contribution in [3.8, 4) is 5.75 Å². The summed E-state index contributed by atoms with van der Waals surface area (Å²) in [7, 11) is 0. The van der Waals surface area contributed by atoms with Gasteiger partial charge in [-0.25, -0.2) is 0 Å². The van der Waals surface area contributed by atoms with Gasteiger partial charge in [-0.2, -0.15) is 0 Å². The van der Waals surface area contributed by atoms with E-state index in [1.54, 1.807) is 0 Å². The first-order valence-electron chi connectivity index (χ1n) is 8.66. The molecule has 2 heteroatoms. The monoisotopic (exact) mass is 298 g/mol. The van der Waals surface area contributed by atoms with E-state index >= 15 is 0 Å². The van der Waals surface area contributed by atoms with Gasteiger partial charge in [0.25, 0.3) is 0 Å². The third-order valence-electron chi connectivity index (χ3n) is 7.26. The molecular formula is C20H26O2. The lowest BCUT2D eigenvalue weighted by molar-refractivity contribution is -0.0707. The Morgan fingerprint density at radius 1 is 1.23 bits per heavy atom. The number of benzene rings is 1. The molecule has 2 nitrogen and oxygen atoms in total. The standard InChI is InChI=1S/C20H26O2/c1-3-20(22)11-9-18-17-6-4-13-12-14(21)5-7-15(13)16(17)8-10-19(18,20)2/h3,5,7,12,16-18,21-22H,1,4,6,8-11H2,2H3/t16?,17?,18-,19-,20-/m0/s1. The molecule has 2 unspecified atom stereocenters. The lowest BCUT2D eigenvalue weighted by Gasteiger charge is -2.52. The molecule has 2 fully saturated rings.